The molecule has 1 fully saturated rings. The van der Waals surface area contributed by atoms with Gasteiger partial charge in [0.15, 0.2) is 0 Å². The topological polar surface area (TPSA) is 45.2 Å². The monoisotopic (exact) mass is 270 g/mol. The Morgan fingerprint density at radius 2 is 2.00 bits per heavy atom. The van der Waals surface area contributed by atoms with Crippen molar-refractivity contribution in [2.45, 2.75) is 33.1 Å². The van der Waals surface area contributed by atoms with Crippen LogP contribution in [0.15, 0.2) is 24.3 Å². The van der Waals surface area contributed by atoms with E-state index < -0.39 is 0 Å². The minimum Gasteiger partial charge on any atom is -0.396 e. The van der Waals surface area contributed by atoms with Crippen molar-refractivity contribution >= 4 is 16.6 Å². The van der Waals surface area contributed by atoms with E-state index in [9.17, 15) is 5.11 Å². The van der Waals surface area contributed by atoms with Crippen LogP contribution < -0.4 is 5.32 Å². The summed E-state index contributed by atoms with van der Waals surface area (Å²) in [6, 6.07) is 8.28. The van der Waals surface area contributed by atoms with Crippen molar-refractivity contribution < 1.29 is 5.11 Å². The van der Waals surface area contributed by atoms with Crippen LogP contribution in [0.2, 0.25) is 0 Å². The van der Waals surface area contributed by atoms with Crippen LogP contribution in [0.3, 0.4) is 0 Å². The number of fused-ring (bicyclic) bond motifs is 1. The molecule has 106 valence electrons. The Bertz CT molecular complexity index is 632. The lowest BCUT2D eigenvalue weighted by Gasteiger charge is -2.19. The zero-order valence-electron chi connectivity index (χ0n) is 12.2. The average molecular weight is 270 g/mol. The van der Waals surface area contributed by atoms with E-state index in [2.05, 4.69) is 42.3 Å². The molecule has 0 saturated heterocycles. The van der Waals surface area contributed by atoms with Gasteiger partial charge in [-0.25, -0.2) is 0 Å². The molecular formula is C17H22N2O. The third-order valence-electron chi connectivity index (χ3n) is 4.62. The second-order valence-electron chi connectivity index (χ2n) is 6.04. The second-order valence-corrected chi connectivity index (χ2v) is 6.04. The quantitative estimate of drug-likeness (QED) is 0.875. The number of anilines is 1. The number of aliphatic hydroxyl groups excluding tert-OH is 1. The summed E-state index contributed by atoms with van der Waals surface area (Å²) in [5, 5.41) is 14.0. The van der Waals surface area contributed by atoms with Crippen LogP contribution in [-0.4, -0.2) is 23.2 Å². The predicted molar refractivity (Wildman–Crippen MR) is 83.1 cm³/mol. The first kappa shape index (κ1) is 13.4. The third-order valence-corrected chi connectivity index (χ3v) is 4.62. The van der Waals surface area contributed by atoms with E-state index in [-0.39, 0.29) is 6.61 Å². The fourth-order valence-corrected chi connectivity index (χ4v) is 2.86. The fraction of sp³-hybridized carbons (Fsp3) is 0.471. The number of pyridine rings is 1. The molecule has 1 aromatic carbocycles. The molecule has 0 unspecified atom stereocenters. The number of para-hydroxylation sites is 1. The number of hydrogen-bond acceptors (Lipinski definition) is 3. The van der Waals surface area contributed by atoms with Crippen LogP contribution in [0.25, 0.3) is 10.9 Å². The van der Waals surface area contributed by atoms with Crippen LogP contribution in [-0.2, 0) is 0 Å². The summed E-state index contributed by atoms with van der Waals surface area (Å²) in [7, 11) is 0. The highest BCUT2D eigenvalue weighted by molar-refractivity contribution is 5.93. The minimum absolute atomic E-state index is 0.288. The molecule has 1 heterocycles. The van der Waals surface area contributed by atoms with Gasteiger partial charge in [-0.1, -0.05) is 18.2 Å². The first-order chi connectivity index (χ1) is 9.65. The van der Waals surface area contributed by atoms with Gasteiger partial charge in [-0.15, -0.1) is 0 Å². The normalized spacial score (nSPS) is 16.4. The lowest BCUT2D eigenvalue weighted by atomic mass is 10.0. The molecule has 0 bridgehead atoms. The highest BCUT2D eigenvalue weighted by atomic mass is 16.3. The molecule has 2 N–H and O–H groups in total. The van der Waals surface area contributed by atoms with E-state index in [0.717, 1.165) is 24.2 Å². The Morgan fingerprint density at radius 1 is 1.25 bits per heavy atom. The summed E-state index contributed by atoms with van der Waals surface area (Å²) in [5.74, 6) is 0. The van der Waals surface area contributed by atoms with Crippen molar-refractivity contribution in [3.63, 3.8) is 0 Å². The van der Waals surface area contributed by atoms with Crippen LogP contribution in [0, 0.1) is 19.3 Å². The highest BCUT2D eigenvalue weighted by Crippen LogP contribution is 2.48. The zero-order chi connectivity index (χ0) is 14.2. The number of aromatic nitrogens is 1. The number of rotatable bonds is 5. The van der Waals surface area contributed by atoms with E-state index in [1.807, 2.05) is 6.07 Å². The third kappa shape index (κ3) is 2.38. The van der Waals surface area contributed by atoms with Crippen LogP contribution >= 0.6 is 0 Å². The molecule has 20 heavy (non-hydrogen) atoms. The standard InChI is InChI=1S/C17H22N2O/c1-12-13(2)19-15-6-4-3-5-14(15)16(12)18-11-17(7-8-17)9-10-20/h3-6,20H,7-11H2,1-2H3,(H,18,19). The Morgan fingerprint density at radius 3 is 2.70 bits per heavy atom. The maximum absolute atomic E-state index is 9.17. The molecule has 3 heteroatoms. The number of aliphatic hydroxyl groups is 1. The average Bonchev–Trinajstić information content (AvgIpc) is 3.20. The second kappa shape index (κ2) is 5.06. The van der Waals surface area contributed by atoms with Crippen molar-refractivity contribution in [1.29, 1.82) is 0 Å². The van der Waals surface area contributed by atoms with Gasteiger partial charge in [0, 0.05) is 29.9 Å². The molecule has 2 aromatic rings. The molecular weight excluding hydrogens is 248 g/mol. The van der Waals surface area contributed by atoms with Gasteiger partial charge in [0.25, 0.3) is 0 Å². The Hall–Kier alpha value is -1.61. The molecule has 0 aliphatic heterocycles. The van der Waals surface area contributed by atoms with Crippen molar-refractivity contribution in [1.82, 2.24) is 4.98 Å². The number of benzene rings is 1. The molecule has 1 saturated carbocycles. The van der Waals surface area contributed by atoms with Crippen molar-refractivity contribution in [2.24, 2.45) is 5.41 Å². The lowest BCUT2D eigenvalue weighted by molar-refractivity contribution is 0.253. The molecule has 1 aliphatic rings. The molecule has 0 spiro atoms. The Labute approximate surface area is 120 Å². The predicted octanol–water partition coefficient (Wildman–Crippen LogP) is 3.43. The van der Waals surface area contributed by atoms with Crippen molar-refractivity contribution in [2.75, 3.05) is 18.5 Å². The molecule has 1 aliphatic carbocycles. The Balaban J connectivity index is 1.92. The smallest absolute Gasteiger partial charge is 0.0726 e. The van der Waals surface area contributed by atoms with Crippen LogP contribution in [0.4, 0.5) is 5.69 Å². The molecule has 0 atom stereocenters. The van der Waals surface area contributed by atoms with Crippen LogP contribution in [0.5, 0.6) is 0 Å². The van der Waals surface area contributed by atoms with E-state index in [1.54, 1.807) is 0 Å². The summed E-state index contributed by atoms with van der Waals surface area (Å²) in [5.41, 5.74) is 4.88. The van der Waals surface area contributed by atoms with E-state index in [4.69, 9.17) is 0 Å². The van der Waals surface area contributed by atoms with Gasteiger partial charge in [0.1, 0.15) is 0 Å². The van der Waals surface area contributed by atoms with Gasteiger partial charge in [-0.3, -0.25) is 4.98 Å². The summed E-state index contributed by atoms with van der Waals surface area (Å²) < 4.78 is 0. The summed E-state index contributed by atoms with van der Waals surface area (Å²) >= 11 is 0. The maximum Gasteiger partial charge on any atom is 0.0726 e. The van der Waals surface area contributed by atoms with E-state index in [1.165, 1.54) is 29.5 Å². The molecule has 3 rings (SSSR count). The van der Waals surface area contributed by atoms with Gasteiger partial charge in [0.2, 0.25) is 0 Å². The Kier molecular flexibility index (Phi) is 3.38. The SMILES string of the molecule is Cc1nc2ccccc2c(NCC2(CCO)CC2)c1C. The largest absolute Gasteiger partial charge is 0.396 e. The summed E-state index contributed by atoms with van der Waals surface area (Å²) in [6.45, 7) is 5.43. The van der Waals surface area contributed by atoms with Gasteiger partial charge >= 0.3 is 0 Å². The number of nitrogens with one attached hydrogen (secondary N) is 1. The van der Waals surface area contributed by atoms with Gasteiger partial charge in [0.05, 0.1) is 5.52 Å². The van der Waals surface area contributed by atoms with Gasteiger partial charge in [-0.2, -0.15) is 0 Å². The first-order valence-corrected chi connectivity index (χ1v) is 7.36. The summed E-state index contributed by atoms with van der Waals surface area (Å²) in [4.78, 5) is 4.65. The molecule has 1 aromatic heterocycles. The number of hydrogen-bond donors (Lipinski definition) is 2. The van der Waals surface area contributed by atoms with Crippen molar-refractivity contribution in [3.05, 3.63) is 35.5 Å². The molecule has 0 radical (unpaired) electrons. The fourth-order valence-electron chi connectivity index (χ4n) is 2.86. The zero-order valence-corrected chi connectivity index (χ0v) is 12.2. The summed E-state index contributed by atoms with van der Waals surface area (Å²) in [6.07, 6.45) is 3.35. The molecule has 3 nitrogen and oxygen atoms in total. The van der Waals surface area contributed by atoms with Gasteiger partial charge < -0.3 is 10.4 Å². The van der Waals surface area contributed by atoms with Crippen molar-refractivity contribution in [3.8, 4) is 0 Å². The van der Waals surface area contributed by atoms with E-state index >= 15 is 0 Å². The lowest BCUT2D eigenvalue weighted by Crippen LogP contribution is -2.17. The number of nitrogens with zero attached hydrogens (tertiary/aromatic N) is 1. The van der Waals surface area contributed by atoms with Gasteiger partial charge in [-0.05, 0) is 50.2 Å². The maximum atomic E-state index is 9.17. The molecule has 0 amide bonds. The van der Waals surface area contributed by atoms with E-state index in [0.29, 0.717) is 5.41 Å². The van der Waals surface area contributed by atoms with Crippen LogP contribution in [0.1, 0.15) is 30.5 Å². The minimum atomic E-state index is 0.288. The highest BCUT2D eigenvalue weighted by Gasteiger charge is 2.41. The first-order valence-electron chi connectivity index (χ1n) is 7.36. The number of aryl methyl sites for hydroxylation is 1.